The maximum absolute atomic E-state index is 13.9. The molecule has 0 N–H and O–H groups in total. The molecular formula is C27H24F3N6O3S+. The van der Waals surface area contributed by atoms with Gasteiger partial charge in [-0.3, -0.25) is 14.8 Å². The molecule has 2 fully saturated rings. The predicted octanol–water partition coefficient (Wildman–Crippen LogP) is 3.82. The van der Waals surface area contributed by atoms with Crippen molar-refractivity contribution in [1.82, 2.24) is 19.5 Å². The SMILES string of the molecule is CCS(=O)(=O)c1cc(-c2ccc(C3(C#N)CC3)nc2)cnc1-c1nc2c(n1C)C(=O)C(C1CC1)[N+](C(F)(F)F)=C2. The van der Waals surface area contributed by atoms with Gasteiger partial charge in [-0.25, -0.2) is 13.4 Å². The topological polar surface area (TPSA) is 122 Å². The van der Waals surface area contributed by atoms with Gasteiger partial charge in [-0.05, 0) is 37.8 Å². The van der Waals surface area contributed by atoms with E-state index in [1.54, 1.807) is 18.3 Å². The molecule has 40 heavy (non-hydrogen) atoms. The number of hydrogen-bond donors (Lipinski definition) is 0. The highest BCUT2D eigenvalue weighted by Gasteiger charge is 2.58. The van der Waals surface area contributed by atoms with Crippen LogP contribution in [0.4, 0.5) is 13.2 Å². The van der Waals surface area contributed by atoms with Crippen LogP contribution >= 0.6 is 0 Å². The Morgan fingerprint density at radius 1 is 1.18 bits per heavy atom. The molecule has 2 saturated carbocycles. The predicted molar refractivity (Wildman–Crippen MR) is 136 cm³/mol. The van der Waals surface area contributed by atoms with Crippen LogP contribution in [0.2, 0.25) is 0 Å². The van der Waals surface area contributed by atoms with Crippen LogP contribution in [0.1, 0.15) is 54.5 Å². The number of nitrogens with zero attached hydrogens (tertiary/aromatic N) is 6. The molecule has 6 rings (SSSR count). The van der Waals surface area contributed by atoms with E-state index in [0.717, 1.165) is 19.1 Å². The van der Waals surface area contributed by atoms with Gasteiger partial charge in [-0.1, -0.05) is 13.0 Å². The van der Waals surface area contributed by atoms with Gasteiger partial charge in [0.25, 0.3) is 0 Å². The number of rotatable bonds is 6. The number of aromatic nitrogens is 4. The lowest BCUT2D eigenvalue weighted by Crippen LogP contribution is -2.48. The lowest BCUT2D eigenvalue weighted by molar-refractivity contribution is -0.726. The Kier molecular flexibility index (Phi) is 5.78. The van der Waals surface area contributed by atoms with Crippen molar-refractivity contribution in [3.8, 4) is 28.7 Å². The number of carbonyl (C=O) groups excluding carboxylic acids is 1. The molecule has 2 aliphatic carbocycles. The highest BCUT2D eigenvalue weighted by molar-refractivity contribution is 7.91. The standard InChI is InChI=1S/C27H24F3N6O3S/c1-3-40(38,39)19-10-17(16-6-7-20(32-11-16)26(14-31)8-9-26)12-33-21(19)25-34-18-13-36(27(28,29)30)22(15-4-5-15)24(37)23(18)35(25)2/h6-7,10-13,15,22H,3-5,8-9H2,1-2H3/q+1. The van der Waals surface area contributed by atoms with E-state index in [4.69, 9.17) is 0 Å². The average molecular weight is 570 g/mol. The van der Waals surface area contributed by atoms with E-state index in [9.17, 15) is 31.6 Å². The van der Waals surface area contributed by atoms with Crippen molar-refractivity contribution in [3.63, 3.8) is 0 Å². The van der Waals surface area contributed by atoms with Gasteiger partial charge in [0.2, 0.25) is 18.0 Å². The zero-order chi connectivity index (χ0) is 28.6. The molecule has 206 valence electrons. The Morgan fingerprint density at radius 3 is 2.42 bits per heavy atom. The van der Waals surface area contributed by atoms with Gasteiger partial charge in [0.05, 0.1) is 27.8 Å². The number of nitriles is 1. The van der Waals surface area contributed by atoms with Crippen LogP contribution in [-0.4, -0.2) is 62.6 Å². The number of hydrogen-bond acceptors (Lipinski definition) is 7. The fraction of sp³-hybridized carbons (Fsp3) is 0.407. The molecule has 1 unspecified atom stereocenters. The summed E-state index contributed by atoms with van der Waals surface area (Å²) in [5, 5.41) is 9.43. The Balaban J connectivity index is 1.47. The molecule has 0 spiro atoms. The van der Waals surface area contributed by atoms with E-state index in [2.05, 4.69) is 21.0 Å². The number of fused-ring (bicyclic) bond motifs is 1. The number of pyridine rings is 2. The number of sulfone groups is 1. The fourth-order valence-corrected chi connectivity index (χ4v) is 6.29. The highest BCUT2D eigenvalue weighted by atomic mass is 32.2. The van der Waals surface area contributed by atoms with Gasteiger partial charge >= 0.3 is 6.30 Å². The fourth-order valence-electron chi connectivity index (χ4n) is 5.24. The zero-order valence-electron chi connectivity index (χ0n) is 21.6. The molecule has 0 saturated heterocycles. The van der Waals surface area contributed by atoms with Crippen LogP contribution in [-0.2, 0) is 22.3 Å². The number of carbonyl (C=O) groups is 1. The van der Waals surface area contributed by atoms with Crippen molar-refractivity contribution < 1.29 is 31.0 Å². The molecular weight excluding hydrogens is 545 g/mol. The van der Waals surface area contributed by atoms with Crippen LogP contribution < -0.4 is 0 Å². The van der Waals surface area contributed by atoms with Gasteiger partial charge < -0.3 is 4.57 Å². The molecule has 3 aromatic rings. The molecule has 13 heteroatoms. The van der Waals surface area contributed by atoms with Gasteiger partial charge in [-0.2, -0.15) is 5.26 Å². The van der Waals surface area contributed by atoms with Gasteiger partial charge in [0.15, 0.2) is 21.4 Å². The maximum Gasteiger partial charge on any atom is 0.633 e. The second-order valence-electron chi connectivity index (χ2n) is 10.5. The molecule has 0 bridgehead atoms. The number of alkyl halides is 3. The minimum Gasteiger partial charge on any atom is -0.322 e. The number of imidazole rings is 1. The van der Waals surface area contributed by atoms with Gasteiger partial charge in [-0.15, -0.1) is 17.7 Å². The van der Waals surface area contributed by atoms with Crippen LogP contribution in [0.15, 0.2) is 35.5 Å². The van der Waals surface area contributed by atoms with Crippen molar-refractivity contribution in [1.29, 1.82) is 5.26 Å². The van der Waals surface area contributed by atoms with Crippen molar-refractivity contribution in [2.45, 2.75) is 55.3 Å². The van der Waals surface area contributed by atoms with Crippen LogP contribution in [0.25, 0.3) is 22.6 Å². The van der Waals surface area contributed by atoms with E-state index in [0.29, 0.717) is 29.7 Å². The summed E-state index contributed by atoms with van der Waals surface area (Å²) in [5.74, 6) is -1.39. The molecule has 0 radical (unpaired) electrons. The summed E-state index contributed by atoms with van der Waals surface area (Å²) in [5.41, 5.74) is 0.870. The Morgan fingerprint density at radius 2 is 1.88 bits per heavy atom. The van der Waals surface area contributed by atoms with Crippen LogP contribution in [0, 0.1) is 17.2 Å². The van der Waals surface area contributed by atoms with Crippen molar-refractivity contribution in [3.05, 3.63) is 47.7 Å². The van der Waals surface area contributed by atoms with Gasteiger partial charge in [0, 0.05) is 36.5 Å². The highest BCUT2D eigenvalue weighted by Crippen LogP contribution is 2.47. The smallest absolute Gasteiger partial charge is 0.322 e. The first-order valence-corrected chi connectivity index (χ1v) is 14.5. The quantitative estimate of drug-likeness (QED) is 0.327. The van der Waals surface area contributed by atoms with E-state index in [1.807, 2.05) is 0 Å². The first kappa shape index (κ1) is 26.3. The van der Waals surface area contributed by atoms with Gasteiger partial charge in [0.1, 0.15) is 11.4 Å². The lowest BCUT2D eigenvalue weighted by Gasteiger charge is -2.19. The zero-order valence-corrected chi connectivity index (χ0v) is 22.4. The molecule has 1 atom stereocenters. The number of Topliss-reactive ketones (excluding diaryl/α,β-unsaturated/α-hetero) is 1. The summed E-state index contributed by atoms with van der Waals surface area (Å²) < 4.78 is 69.4. The first-order valence-electron chi connectivity index (χ1n) is 12.8. The second kappa shape index (κ2) is 8.79. The van der Waals surface area contributed by atoms with E-state index < -0.39 is 39.3 Å². The van der Waals surface area contributed by atoms with E-state index >= 15 is 0 Å². The molecule has 4 heterocycles. The monoisotopic (exact) mass is 569 g/mol. The molecule has 0 aromatic carbocycles. The normalized spacial score (nSPS) is 20.1. The summed E-state index contributed by atoms with van der Waals surface area (Å²) in [6, 6.07) is 5.83. The minimum atomic E-state index is -4.77. The summed E-state index contributed by atoms with van der Waals surface area (Å²) in [6.07, 6.45) is 1.56. The molecule has 1 aliphatic heterocycles. The third kappa shape index (κ3) is 4.13. The first-order chi connectivity index (χ1) is 18.9. The minimum absolute atomic E-state index is 0.00981. The Labute approximate surface area is 227 Å². The molecule has 9 nitrogen and oxygen atoms in total. The van der Waals surface area contributed by atoms with Crippen LogP contribution in [0.5, 0.6) is 0 Å². The van der Waals surface area contributed by atoms with Crippen LogP contribution in [0.3, 0.4) is 0 Å². The van der Waals surface area contributed by atoms with Crippen molar-refractivity contribution in [2.24, 2.45) is 13.0 Å². The molecule has 3 aromatic heterocycles. The average Bonchev–Trinajstić information content (AvgIpc) is 3.86. The lowest BCUT2D eigenvalue weighted by atomic mass is 10.00. The Bertz CT molecular complexity index is 1750. The van der Waals surface area contributed by atoms with Crippen molar-refractivity contribution >= 4 is 21.8 Å². The summed E-state index contributed by atoms with van der Waals surface area (Å²) in [6.45, 7) is 1.47. The number of ketones is 1. The van der Waals surface area contributed by atoms with Crippen molar-refractivity contribution in [2.75, 3.05) is 5.75 Å². The van der Waals surface area contributed by atoms with E-state index in [-0.39, 0.29) is 38.1 Å². The number of halogens is 3. The summed E-state index contributed by atoms with van der Waals surface area (Å²) in [4.78, 5) is 26.3. The summed E-state index contributed by atoms with van der Waals surface area (Å²) >= 11 is 0. The summed E-state index contributed by atoms with van der Waals surface area (Å²) in [7, 11) is -2.40. The third-order valence-electron chi connectivity index (χ3n) is 7.88. The van der Waals surface area contributed by atoms with E-state index in [1.165, 1.54) is 30.8 Å². The largest absolute Gasteiger partial charge is 0.633 e. The maximum atomic E-state index is 13.9. The molecule has 0 amide bonds. The second-order valence-corrected chi connectivity index (χ2v) is 12.7. The molecule has 3 aliphatic rings. The Hall–Kier alpha value is -3.92. The third-order valence-corrected chi connectivity index (χ3v) is 9.62.